The molecule has 1 aromatic rings. The molecule has 1 atom stereocenters. The fourth-order valence-electron chi connectivity index (χ4n) is 3.49. The van der Waals surface area contributed by atoms with Crippen LogP contribution in [0.5, 0.6) is 11.5 Å². The zero-order valence-corrected chi connectivity index (χ0v) is 17.1. The van der Waals surface area contributed by atoms with Crippen molar-refractivity contribution in [3.8, 4) is 11.5 Å². The molecule has 0 radical (unpaired) electrons. The number of allylic oxidation sites excluding steroid dienone is 1. The summed E-state index contributed by atoms with van der Waals surface area (Å²) in [6, 6.07) is 4.12. The van der Waals surface area contributed by atoms with Crippen molar-refractivity contribution in [2.45, 2.75) is 26.3 Å². The molecule has 6 nitrogen and oxygen atoms in total. The van der Waals surface area contributed by atoms with Gasteiger partial charge in [0.25, 0.3) is 0 Å². The van der Waals surface area contributed by atoms with Crippen molar-refractivity contribution >= 4 is 5.96 Å². The smallest absolute Gasteiger partial charge is 0.194 e. The van der Waals surface area contributed by atoms with Gasteiger partial charge in [-0.15, -0.1) is 6.58 Å². The highest BCUT2D eigenvalue weighted by molar-refractivity contribution is 5.80. The Hall–Kier alpha value is -2.21. The third kappa shape index (κ3) is 5.63. The number of hydrogen-bond acceptors (Lipinski definition) is 4. The van der Waals surface area contributed by atoms with Crippen molar-refractivity contribution in [1.82, 2.24) is 10.2 Å². The highest BCUT2D eigenvalue weighted by Crippen LogP contribution is 2.33. The van der Waals surface area contributed by atoms with Crippen molar-refractivity contribution in [3.05, 3.63) is 35.9 Å². The van der Waals surface area contributed by atoms with Crippen LogP contribution in [0.3, 0.4) is 0 Å². The summed E-state index contributed by atoms with van der Waals surface area (Å²) < 4.78 is 16.3. The van der Waals surface area contributed by atoms with Crippen LogP contribution in [0.1, 0.15) is 24.5 Å². The highest BCUT2D eigenvalue weighted by Gasteiger charge is 2.24. The number of hydrogen-bond donors (Lipinski definition) is 1. The zero-order valence-electron chi connectivity index (χ0n) is 17.1. The molecule has 2 rings (SSSR count). The molecule has 1 N–H and O–H groups in total. The van der Waals surface area contributed by atoms with Crippen LogP contribution in [0.2, 0.25) is 0 Å². The number of likely N-dealkylation sites (tertiary alicyclic amines) is 1. The Labute approximate surface area is 163 Å². The van der Waals surface area contributed by atoms with Gasteiger partial charge in [-0.1, -0.05) is 6.08 Å². The van der Waals surface area contributed by atoms with Gasteiger partial charge in [0.05, 0.1) is 27.4 Å². The van der Waals surface area contributed by atoms with Crippen LogP contribution in [0, 0.1) is 5.92 Å². The lowest BCUT2D eigenvalue weighted by molar-refractivity contribution is 0.157. The third-order valence-electron chi connectivity index (χ3n) is 4.71. The standard InChI is InChI=1S/C21H33N3O3/c1-6-8-18-11-17(12-19(26-4)20(18)27-5)13-23-21(22-7-2)24-10-9-16(14-24)15-25-3/h6,11-12,16H,1,7-10,13-15H2,2-5H3,(H,22,23). The second-order valence-electron chi connectivity index (χ2n) is 6.71. The van der Waals surface area contributed by atoms with E-state index in [0.717, 1.165) is 67.7 Å². The minimum absolute atomic E-state index is 0.569. The predicted octanol–water partition coefficient (Wildman–Crippen LogP) is 2.87. The number of methoxy groups -OCH3 is 3. The van der Waals surface area contributed by atoms with E-state index in [0.29, 0.717) is 12.5 Å². The second-order valence-corrected chi connectivity index (χ2v) is 6.71. The van der Waals surface area contributed by atoms with E-state index in [2.05, 4.69) is 29.8 Å². The summed E-state index contributed by atoms with van der Waals surface area (Å²) >= 11 is 0. The van der Waals surface area contributed by atoms with Gasteiger partial charge < -0.3 is 24.4 Å². The lowest BCUT2D eigenvalue weighted by Gasteiger charge is -2.22. The van der Waals surface area contributed by atoms with E-state index in [4.69, 9.17) is 19.2 Å². The van der Waals surface area contributed by atoms with Gasteiger partial charge in [0.15, 0.2) is 17.5 Å². The number of ether oxygens (including phenoxy) is 3. The first-order valence-electron chi connectivity index (χ1n) is 9.53. The van der Waals surface area contributed by atoms with Crippen LogP contribution in [-0.4, -0.2) is 58.4 Å². The van der Waals surface area contributed by atoms with Crippen LogP contribution in [0.25, 0.3) is 0 Å². The Morgan fingerprint density at radius 2 is 2.15 bits per heavy atom. The average molecular weight is 376 g/mol. The number of nitrogens with zero attached hydrogens (tertiary/aromatic N) is 2. The van der Waals surface area contributed by atoms with E-state index in [-0.39, 0.29) is 0 Å². The minimum atomic E-state index is 0.569. The Kier molecular flexibility index (Phi) is 8.45. The molecule has 1 unspecified atom stereocenters. The molecule has 0 saturated carbocycles. The topological polar surface area (TPSA) is 55.3 Å². The van der Waals surface area contributed by atoms with Crippen LogP contribution < -0.4 is 14.8 Å². The number of guanidine groups is 1. The molecule has 150 valence electrons. The van der Waals surface area contributed by atoms with Gasteiger partial charge in [-0.3, -0.25) is 0 Å². The molecule has 0 spiro atoms. The minimum Gasteiger partial charge on any atom is -0.493 e. The third-order valence-corrected chi connectivity index (χ3v) is 4.71. The maximum absolute atomic E-state index is 5.51. The van der Waals surface area contributed by atoms with Crippen molar-refractivity contribution in [2.24, 2.45) is 10.9 Å². The summed E-state index contributed by atoms with van der Waals surface area (Å²) in [5.74, 6) is 3.02. The summed E-state index contributed by atoms with van der Waals surface area (Å²) in [4.78, 5) is 7.18. The van der Waals surface area contributed by atoms with Crippen LogP contribution >= 0.6 is 0 Å². The van der Waals surface area contributed by atoms with Gasteiger partial charge in [0.1, 0.15) is 0 Å². The lowest BCUT2D eigenvalue weighted by Crippen LogP contribution is -2.40. The van der Waals surface area contributed by atoms with Crippen LogP contribution in [0.4, 0.5) is 0 Å². The van der Waals surface area contributed by atoms with Crippen molar-refractivity contribution in [3.63, 3.8) is 0 Å². The molecule has 0 aliphatic carbocycles. The van der Waals surface area contributed by atoms with Gasteiger partial charge in [0.2, 0.25) is 0 Å². The van der Waals surface area contributed by atoms with Crippen molar-refractivity contribution < 1.29 is 14.2 Å². The molecule has 1 aromatic carbocycles. The summed E-state index contributed by atoms with van der Waals surface area (Å²) in [6.07, 6.45) is 3.73. The largest absolute Gasteiger partial charge is 0.493 e. The number of benzene rings is 1. The number of rotatable bonds is 9. The Balaban J connectivity index is 2.19. The highest BCUT2D eigenvalue weighted by atomic mass is 16.5. The Bertz CT molecular complexity index is 646. The Morgan fingerprint density at radius 3 is 2.78 bits per heavy atom. The molecule has 27 heavy (non-hydrogen) atoms. The molecule has 0 aromatic heterocycles. The van der Waals surface area contributed by atoms with E-state index >= 15 is 0 Å². The molecular weight excluding hydrogens is 342 g/mol. The molecule has 0 bridgehead atoms. The van der Waals surface area contributed by atoms with E-state index in [9.17, 15) is 0 Å². The van der Waals surface area contributed by atoms with E-state index in [1.807, 2.05) is 12.1 Å². The first kappa shape index (κ1) is 21.1. The SMILES string of the molecule is C=CCc1cc(CN=C(NCC)N2CCC(COC)C2)cc(OC)c1OC. The van der Waals surface area contributed by atoms with E-state index in [1.165, 1.54) is 0 Å². The van der Waals surface area contributed by atoms with Gasteiger partial charge >= 0.3 is 0 Å². The van der Waals surface area contributed by atoms with Crippen LogP contribution in [-0.2, 0) is 17.7 Å². The van der Waals surface area contributed by atoms with Gasteiger partial charge in [-0.2, -0.15) is 0 Å². The van der Waals surface area contributed by atoms with Crippen molar-refractivity contribution in [1.29, 1.82) is 0 Å². The molecule has 1 aliphatic rings. The maximum Gasteiger partial charge on any atom is 0.194 e. The summed E-state index contributed by atoms with van der Waals surface area (Å²) in [6.45, 7) is 10.1. The number of aliphatic imine (C=N–C) groups is 1. The fourth-order valence-corrected chi connectivity index (χ4v) is 3.49. The number of nitrogens with one attached hydrogen (secondary N) is 1. The zero-order chi connectivity index (χ0) is 19.6. The van der Waals surface area contributed by atoms with Gasteiger partial charge in [-0.05, 0) is 37.5 Å². The van der Waals surface area contributed by atoms with Crippen LogP contribution in [0.15, 0.2) is 29.8 Å². The quantitative estimate of drug-likeness (QED) is 0.409. The molecular formula is C21H33N3O3. The second kappa shape index (κ2) is 10.8. The summed E-state index contributed by atoms with van der Waals surface area (Å²) in [7, 11) is 5.09. The van der Waals surface area contributed by atoms with Gasteiger partial charge in [0, 0.05) is 38.2 Å². The summed E-state index contributed by atoms with van der Waals surface area (Å²) in [5.41, 5.74) is 2.15. The average Bonchev–Trinajstić information content (AvgIpc) is 3.13. The molecule has 0 amide bonds. The monoisotopic (exact) mass is 375 g/mol. The Morgan fingerprint density at radius 1 is 1.33 bits per heavy atom. The van der Waals surface area contributed by atoms with E-state index in [1.54, 1.807) is 21.3 Å². The first-order chi connectivity index (χ1) is 13.2. The molecule has 1 saturated heterocycles. The molecule has 1 aliphatic heterocycles. The predicted molar refractivity (Wildman–Crippen MR) is 110 cm³/mol. The first-order valence-corrected chi connectivity index (χ1v) is 9.53. The van der Waals surface area contributed by atoms with Gasteiger partial charge in [-0.25, -0.2) is 4.99 Å². The normalized spacial score (nSPS) is 17.1. The fraction of sp³-hybridized carbons (Fsp3) is 0.571. The molecule has 1 heterocycles. The molecule has 6 heteroatoms. The van der Waals surface area contributed by atoms with E-state index < -0.39 is 0 Å². The van der Waals surface area contributed by atoms with Crippen molar-refractivity contribution in [2.75, 3.05) is 47.6 Å². The summed E-state index contributed by atoms with van der Waals surface area (Å²) in [5, 5.41) is 3.41. The molecule has 1 fully saturated rings. The maximum atomic E-state index is 5.51. The lowest BCUT2D eigenvalue weighted by atomic mass is 10.1.